The third-order valence-electron chi connectivity index (χ3n) is 6.12. The lowest BCUT2D eigenvalue weighted by atomic mass is 10.1. The summed E-state index contributed by atoms with van der Waals surface area (Å²) in [6.07, 6.45) is 8.79. The summed E-state index contributed by atoms with van der Waals surface area (Å²) in [6.45, 7) is 2.71. The molecule has 180 valence electrons. The molecular formula is C28H26N6O2. The fourth-order valence-electron chi connectivity index (χ4n) is 4.21. The maximum atomic E-state index is 12.8. The van der Waals surface area contributed by atoms with Crippen LogP contribution in [-0.2, 0) is 16.0 Å². The van der Waals surface area contributed by atoms with Gasteiger partial charge in [0, 0.05) is 67.5 Å². The fraction of sp³-hybridized carbons (Fsp3) is 0.179. The van der Waals surface area contributed by atoms with E-state index in [9.17, 15) is 9.59 Å². The van der Waals surface area contributed by atoms with Crippen LogP contribution in [0.2, 0.25) is 0 Å². The number of aromatic nitrogens is 3. The van der Waals surface area contributed by atoms with Gasteiger partial charge in [0.05, 0.1) is 11.9 Å². The first-order chi connectivity index (χ1) is 17.7. The molecular weight excluding hydrogens is 452 g/mol. The number of fused-ring (bicyclic) bond motifs is 1. The lowest BCUT2D eigenvalue weighted by Gasteiger charge is -2.34. The Morgan fingerprint density at radius 2 is 1.56 bits per heavy atom. The van der Waals surface area contributed by atoms with Crippen LogP contribution in [0.4, 0.5) is 11.6 Å². The van der Waals surface area contributed by atoms with Crippen molar-refractivity contribution in [3.8, 4) is 0 Å². The van der Waals surface area contributed by atoms with E-state index in [-0.39, 0.29) is 11.8 Å². The van der Waals surface area contributed by atoms with E-state index in [1.807, 2.05) is 59.5 Å². The Hall–Kier alpha value is -4.59. The zero-order chi connectivity index (χ0) is 24.7. The van der Waals surface area contributed by atoms with Crippen LogP contribution < -0.4 is 10.2 Å². The number of piperazine rings is 1. The van der Waals surface area contributed by atoms with Gasteiger partial charge in [0.2, 0.25) is 17.8 Å². The molecule has 4 aromatic rings. The van der Waals surface area contributed by atoms with Crippen molar-refractivity contribution in [3.63, 3.8) is 0 Å². The second kappa shape index (κ2) is 10.8. The van der Waals surface area contributed by atoms with Gasteiger partial charge < -0.3 is 15.1 Å². The summed E-state index contributed by atoms with van der Waals surface area (Å²) in [4.78, 5) is 42.1. The van der Waals surface area contributed by atoms with Gasteiger partial charge in [0.15, 0.2) is 0 Å². The van der Waals surface area contributed by atoms with Gasteiger partial charge in [-0.15, -0.1) is 0 Å². The van der Waals surface area contributed by atoms with E-state index in [0.29, 0.717) is 44.2 Å². The van der Waals surface area contributed by atoms with Gasteiger partial charge in [-0.2, -0.15) is 0 Å². The Kier molecular flexibility index (Phi) is 6.93. The van der Waals surface area contributed by atoms with Crippen LogP contribution in [0.5, 0.6) is 0 Å². The number of amides is 2. The highest BCUT2D eigenvalue weighted by molar-refractivity contribution is 6.03. The molecule has 36 heavy (non-hydrogen) atoms. The van der Waals surface area contributed by atoms with Crippen LogP contribution in [0.3, 0.4) is 0 Å². The quantitative estimate of drug-likeness (QED) is 0.426. The van der Waals surface area contributed by atoms with Gasteiger partial charge in [-0.05, 0) is 35.9 Å². The molecule has 1 aliphatic rings. The number of anilines is 2. The summed E-state index contributed by atoms with van der Waals surface area (Å²) >= 11 is 0. The van der Waals surface area contributed by atoms with Crippen molar-refractivity contribution in [1.29, 1.82) is 0 Å². The minimum absolute atomic E-state index is 0.0899. The summed E-state index contributed by atoms with van der Waals surface area (Å²) in [5.74, 6) is 0.560. The maximum Gasteiger partial charge on any atom is 0.248 e. The number of hydrogen-bond donors (Lipinski definition) is 1. The van der Waals surface area contributed by atoms with E-state index in [4.69, 9.17) is 0 Å². The molecule has 0 radical (unpaired) electrons. The number of nitrogens with zero attached hydrogens (tertiary/aromatic N) is 5. The van der Waals surface area contributed by atoms with E-state index in [2.05, 4.69) is 25.2 Å². The Morgan fingerprint density at radius 1 is 0.833 bits per heavy atom. The summed E-state index contributed by atoms with van der Waals surface area (Å²) in [7, 11) is 0. The van der Waals surface area contributed by atoms with Crippen LogP contribution in [0.15, 0.2) is 85.3 Å². The highest BCUT2D eigenvalue weighted by Gasteiger charge is 2.22. The van der Waals surface area contributed by atoms with E-state index in [0.717, 1.165) is 22.0 Å². The average Bonchev–Trinajstić information content (AvgIpc) is 2.93. The highest BCUT2D eigenvalue weighted by Crippen LogP contribution is 2.18. The number of para-hydroxylation sites is 1. The molecule has 1 saturated heterocycles. The van der Waals surface area contributed by atoms with Crippen LogP contribution in [0.1, 0.15) is 11.1 Å². The van der Waals surface area contributed by atoms with Gasteiger partial charge in [0.25, 0.3) is 0 Å². The molecule has 3 heterocycles. The summed E-state index contributed by atoms with van der Waals surface area (Å²) in [5, 5.41) is 3.89. The van der Waals surface area contributed by atoms with Gasteiger partial charge >= 0.3 is 0 Å². The smallest absolute Gasteiger partial charge is 0.248 e. The lowest BCUT2D eigenvalue weighted by molar-refractivity contribution is -0.130. The molecule has 1 aliphatic heterocycles. The van der Waals surface area contributed by atoms with Crippen molar-refractivity contribution in [2.24, 2.45) is 0 Å². The number of hydrogen-bond acceptors (Lipinski definition) is 6. The lowest BCUT2D eigenvalue weighted by Crippen LogP contribution is -2.49. The van der Waals surface area contributed by atoms with Crippen molar-refractivity contribution in [2.75, 3.05) is 36.4 Å². The van der Waals surface area contributed by atoms with Crippen LogP contribution >= 0.6 is 0 Å². The average molecular weight is 479 g/mol. The van der Waals surface area contributed by atoms with Crippen molar-refractivity contribution in [1.82, 2.24) is 19.9 Å². The molecule has 2 aromatic carbocycles. The molecule has 1 N–H and O–H groups in total. The number of nitrogens with one attached hydrogen (secondary N) is 1. The highest BCUT2D eigenvalue weighted by atomic mass is 16.2. The third kappa shape index (κ3) is 5.55. The minimum atomic E-state index is -0.230. The number of pyridine rings is 1. The van der Waals surface area contributed by atoms with E-state index < -0.39 is 0 Å². The normalized spacial score (nSPS) is 13.8. The molecule has 0 saturated carbocycles. The standard InChI is InChI=1S/C28H26N6O2/c35-25(12-9-23-5-1-4-22-6-2-13-29-27(22)23)32-24-10-7-21(8-11-24)20-26(36)33-16-18-34(19-17-33)28-30-14-3-15-31-28/h1-15H,16-20H2,(H,32,35)/b12-9+. The molecule has 0 spiro atoms. The van der Waals surface area contributed by atoms with Gasteiger partial charge in [0.1, 0.15) is 0 Å². The monoisotopic (exact) mass is 478 g/mol. The molecule has 1 fully saturated rings. The minimum Gasteiger partial charge on any atom is -0.339 e. The second-order valence-corrected chi connectivity index (χ2v) is 8.54. The SMILES string of the molecule is O=C(/C=C/c1cccc2cccnc12)Nc1ccc(CC(=O)N2CCN(c3ncccn3)CC2)cc1. The summed E-state index contributed by atoms with van der Waals surface area (Å²) in [5.41, 5.74) is 3.32. The molecule has 8 heteroatoms. The molecule has 0 aliphatic carbocycles. The van der Waals surface area contributed by atoms with Gasteiger partial charge in [-0.1, -0.05) is 36.4 Å². The number of rotatable bonds is 6. The number of benzene rings is 2. The third-order valence-corrected chi connectivity index (χ3v) is 6.12. The van der Waals surface area contributed by atoms with Crippen LogP contribution in [-0.4, -0.2) is 57.8 Å². The summed E-state index contributed by atoms with van der Waals surface area (Å²) in [6, 6.07) is 18.9. The van der Waals surface area contributed by atoms with Gasteiger partial charge in [-0.3, -0.25) is 14.6 Å². The Bertz CT molecular complexity index is 1380. The first kappa shape index (κ1) is 23.2. The van der Waals surface area contributed by atoms with Gasteiger partial charge in [-0.25, -0.2) is 9.97 Å². The predicted molar refractivity (Wildman–Crippen MR) is 140 cm³/mol. The van der Waals surface area contributed by atoms with Crippen molar-refractivity contribution in [2.45, 2.75) is 6.42 Å². The predicted octanol–water partition coefficient (Wildman–Crippen LogP) is 3.57. The molecule has 5 rings (SSSR count). The van der Waals surface area contributed by atoms with E-state index in [1.165, 1.54) is 6.08 Å². The molecule has 2 amide bonds. The first-order valence-electron chi connectivity index (χ1n) is 11.9. The Balaban J connectivity index is 1.13. The molecule has 2 aromatic heterocycles. The maximum absolute atomic E-state index is 12.8. The van der Waals surface area contributed by atoms with Crippen LogP contribution in [0.25, 0.3) is 17.0 Å². The Morgan fingerprint density at radius 3 is 2.33 bits per heavy atom. The van der Waals surface area contributed by atoms with E-state index in [1.54, 1.807) is 30.7 Å². The summed E-state index contributed by atoms with van der Waals surface area (Å²) < 4.78 is 0. The zero-order valence-corrected chi connectivity index (χ0v) is 19.7. The molecule has 0 unspecified atom stereocenters. The van der Waals surface area contributed by atoms with Crippen molar-refractivity contribution < 1.29 is 9.59 Å². The van der Waals surface area contributed by atoms with Crippen LogP contribution in [0, 0.1) is 0 Å². The number of carbonyl (C=O) groups excluding carboxylic acids is 2. The second-order valence-electron chi connectivity index (χ2n) is 8.54. The van der Waals surface area contributed by atoms with Crippen molar-refractivity contribution >= 4 is 40.4 Å². The topological polar surface area (TPSA) is 91.3 Å². The first-order valence-corrected chi connectivity index (χ1v) is 11.9. The Labute approximate surface area is 209 Å². The molecule has 0 bridgehead atoms. The largest absolute Gasteiger partial charge is 0.339 e. The van der Waals surface area contributed by atoms with E-state index >= 15 is 0 Å². The number of carbonyl (C=O) groups is 2. The fourth-order valence-corrected chi connectivity index (χ4v) is 4.21. The zero-order valence-electron chi connectivity index (χ0n) is 19.7. The van der Waals surface area contributed by atoms with Crippen molar-refractivity contribution in [3.05, 3.63) is 96.5 Å². The molecule has 0 atom stereocenters. The molecule has 8 nitrogen and oxygen atoms in total.